The second kappa shape index (κ2) is 10.2. The average Bonchev–Trinajstić information content (AvgIpc) is 3.11. The summed E-state index contributed by atoms with van der Waals surface area (Å²) in [6.45, 7) is 0.741. The van der Waals surface area contributed by atoms with Crippen LogP contribution in [0.4, 0.5) is 4.39 Å². The summed E-state index contributed by atoms with van der Waals surface area (Å²) >= 11 is 5.97. The lowest BCUT2D eigenvalue weighted by Gasteiger charge is -2.10. The first-order valence-electron chi connectivity index (χ1n) is 7.91. The van der Waals surface area contributed by atoms with E-state index in [1.165, 1.54) is 12.1 Å². The largest absolute Gasteiger partial charge is 0.352 e. The van der Waals surface area contributed by atoms with E-state index in [0.717, 1.165) is 11.1 Å². The molecule has 0 spiro atoms. The van der Waals surface area contributed by atoms with Crippen LogP contribution in [0, 0.1) is 5.82 Å². The second-order valence-corrected chi connectivity index (χ2v) is 5.87. The first-order valence-corrected chi connectivity index (χ1v) is 8.29. The van der Waals surface area contributed by atoms with Crippen molar-refractivity contribution in [2.75, 3.05) is 7.05 Å². The number of guanidine groups is 1. The van der Waals surface area contributed by atoms with Crippen LogP contribution in [0.5, 0.6) is 0 Å². The van der Waals surface area contributed by atoms with Crippen LogP contribution in [-0.2, 0) is 13.1 Å². The Morgan fingerprint density at radius 2 is 1.93 bits per heavy atom. The number of benzene rings is 2. The highest BCUT2D eigenvalue weighted by Gasteiger charge is 2.09. The Hall–Kier alpha value is -2.20. The summed E-state index contributed by atoms with van der Waals surface area (Å²) < 4.78 is 18.4. The minimum atomic E-state index is -0.272. The molecule has 2 N–H and O–H groups in total. The van der Waals surface area contributed by atoms with Crippen molar-refractivity contribution in [3.05, 3.63) is 70.8 Å². The van der Waals surface area contributed by atoms with Gasteiger partial charge in [0.25, 0.3) is 0 Å². The van der Waals surface area contributed by atoms with Gasteiger partial charge in [-0.3, -0.25) is 4.99 Å². The Kier molecular flexibility index (Phi) is 7.99. The Morgan fingerprint density at radius 3 is 2.67 bits per heavy atom. The predicted octanol–water partition coefficient (Wildman–Crippen LogP) is 4.01. The van der Waals surface area contributed by atoms with Gasteiger partial charge in [0.2, 0.25) is 11.7 Å². The Bertz CT molecular complexity index is 918. The van der Waals surface area contributed by atoms with E-state index >= 15 is 0 Å². The van der Waals surface area contributed by atoms with Crippen LogP contribution >= 0.6 is 35.6 Å². The third kappa shape index (κ3) is 6.17. The number of hydrogen-bond acceptors (Lipinski definition) is 4. The van der Waals surface area contributed by atoms with Gasteiger partial charge in [-0.15, -0.1) is 24.0 Å². The third-order valence-corrected chi connectivity index (χ3v) is 3.77. The first-order chi connectivity index (χ1) is 12.6. The molecule has 6 nitrogen and oxygen atoms in total. The lowest BCUT2D eigenvalue weighted by Crippen LogP contribution is -2.36. The van der Waals surface area contributed by atoms with E-state index < -0.39 is 0 Å². The highest BCUT2D eigenvalue weighted by Crippen LogP contribution is 2.19. The summed E-state index contributed by atoms with van der Waals surface area (Å²) in [7, 11) is 1.64. The zero-order valence-corrected chi connectivity index (χ0v) is 17.5. The number of rotatable bonds is 5. The predicted molar refractivity (Wildman–Crippen MR) is 114 cm³/mol. The van der Waals surface area contributed by atoms with Crippen LogP contribution in [0.2, 0.25) is 5.02 Å². The second-order valence-electron chi connectivity index (χ2n) is 5.43. The molecule has 0 aliphatic rings. The smallest absolute Gasteiger partial charge is 0.246 e. The van der Waals surface area contributed by atoms with E-state index in [-0.39, 0.29) is 29.8 Å². The van der Waals surface area contributed by atoms with E-state index in [2.05, 4.69) is 25.8 Å². The van der Waals surface area contributed by atoms with Gasteiger partial charge in [0, 0.05) is 24.2 Å². The lowest BCUT2D eigenvalue weighted by molar-refractivity contribution is 0.375. The molecule has 0 bridgehead atoms. The fourth-order valence-electron chi connectivity index (χ4n) is 2.28. The van der Waals surface area contributed by atoms with Gasteiger partial charge in [0.05, 0.1) is 6.54 Å². The molecule has 0 saturated heterocycles. The molecule has 3 rings (SSSR count). The monoisotopic (exact) mass is 501 g/mol. The van der Waals surface area contributed by atoms with Gasteiger partial charge < -0.3 is 15.2 Å². The quantitative estimate of drug-likeness (QED) is 0.314. The van der Waals surface area contributed by atoms with Crippen molar-refractivity contribution in [2.24, 2.45) is 4.99 Å². The standard InChI is InChI=1S/C18H17ClFN5O.HI/c1-21-18(22-10-12-4-2-7-15(20)8-12)23-11-16-24-17(25-26-16)13-5-3-6-14(19)9-13;/h2-9H,10-11H2,1H3,(H2,21,22,23);1H. The molecule has 142 valence electrons. The molecule has 1 aromatic heterocycles. The van der Waals surface area contributed by atoms with Crippen molar-refractivity contribution in [2.45, 2.75) is 13.1 Å². The summed E-state index contributed by atoms with van der Waals surface area (Å²) in [6, 6.07) is 13.6. The van der Waals surface area contributed by atoms with E-state index in [0.29, 0.717) is 35.8 Å². The highest BCUT2D eigenvalue weighted by atomic mass is 127. The van der Waals surface area contributed by atoms with E-state index in [1.807, 2.05) is 18.2 Å². The molecule has 0 aliphatic heterocycles. The molecule has 9 heteroatoms. The van der Waals surface area contributed by atoms with Crippen molar-refractivity contribution in [3.63, 3.8) is 0 Å². The maximum atomic E-state index is 13.2. The van der Waals surface area contributed by atoms with Crippen molar-refractivity contribution < 1.29 is 8.91 Å². The van der Waals surface area contributed by atoms with Crippen molar-refractivity contribution in [1.29, 1.82) is 0 Å². The third-order valence-electron chi connectivity index (χ3n) is 3.53. The fraction of sp³-hybridized carbons (Fsp3) is 0.167. The highest BCUT2D eigenvalue weighted by molar-refractivity contribution is 14.0. The summed E-state index contributed by atoms with van der Waals surface area (Å²) in [5, 5.41) is 10.7. The van der Waals surface area contributed by atoms with E-state index in [9.17, 15) is 4.39 Å². The molecular weight excluding hydrogens is 484 g/mol. The topological polar surface area (TPSA) is 75.3 Å². The number of aromatic nitrogens is 2. The van der Waals surface area contributed by atoms with Crippen LogP contribution in [0.3, 0.4) is 0 Å². The van der Waals surface area contributed by atoms with Gasteiger partial charge in [0.1, 0.15) is 5.82 Å². The molecule has 0 fully saturated rings. The molecule has 1 heterocycles. The Labute approximate surface area is 178 Å². The van der Waals surface area contributed by atoms with Gasteiger partial charge in [-0.1, -0.05) is 41.0 Å². The zero-order valence-electron chi connectivity index (χ0n) is 14.4. The maximum absolute atomic E-state index is 13.2. The minimum absolute atomic E-state index is 0. The number of aliphatic imine (C=N–C) groups is 1. The zero-order chi connectivity index (χ0) is 18.4. The molecule has 2 aromatic carbocycles. The first kappa shape index (κ1) is 21.1. The van der Waals surface area contributed by atoms with Crippen LogP contribution < -0.4 is 10.6 Å². The summed E-state index contributed by atoms with van der Waals surface area (Å²) in [6.07, 6.45) is 0. The Balaban J connectivity index is 0.00000261. The fourth-order valence-corrected chi connectivity index (χ4v) is 2.47. The number of hydrogen-bond donors (Lipinski definition) is 2. The van der Waals surface area contributed by atoms with Crippen LogP contribution in [0.25, 0.3) is 11.4 Å². The van der Waals surface area contributed by atoms with Gasteiger partial charge in [-0.25, -0.2) is 4.39 Å². The van der Waals surface area contributed by atoms with E-state index in [1.54, 1.807) is 25.2 Å². The number of nitrogens with one attached hydrogen (secondary N) is 2. The van der Waals surface area contributed by atoms with Crippen LogP contribution in [0.1, 0.15) is 11.5 Å². The van der Waals surface area contributed by atoms with Gasteiger partial charge in [-0.2, -0.15) is 4.98 Å². The molecule has 0 amide bonds. The molecule has 0 saturated carbocycles. The van der Waals surface area contributed by atoms with Gasteiger partial charge in [-0.05, 0) is 29.8 Å². The van der Waals surface area contributed by atoms with Crippen LogP contribution in [-0.4, -0.2) is 23.1 Å². The molecule has 0 aliphatic carbocycles. The van der Waals surface area contributed by atoms with Crippen molar-refractivity contribution >= 4 is 41.5 Å². The van der Waals surface area contributed by atoms with Gasteiger partial charge >= 0.3 is 0 Å². The summed E-state index contributed by atoms with van der Waals surface area (Å²) in [5.41, 5.74) is 1.59. The molecule has 3 aromatic rings. The number of nitrogens with zero attached hydrogens (tertiary/aromatic N) is 3. The minimum Gasteiger partial charge on any atom is -0.352 e. The molecular formula is C18H18ClFIN5O. The normalized spacial score (nSPS) is 11.0. The van der Waals surface area contributed by atoms with Crippen molar-refractivity contribution in [3.8, 4) is 11.4 Å². The molecule has 27 heavy (non-hydrogen) atoms. The average molecular weight is 502 g/mol. The number of halogens is 3. The molecule has 0 radical (unpaired) electrons. The summed E-state index contributed by atoms with van der Waals surface area (Å²) in [4.78, 5) is 8.44. The van der Waals surface area contributed by atoms with E-state index in [4.69, 9.17) is 16.1 Å². The van der Waals surface area contributed by atoms with Crippen molar-refractivity contribution in [1.82, 2.24) is 20.8 Å². The van der Waals surface area contributed by atoms with Crippen LogP contribution in [0.15, 0.2) is 58.0 Å². The maximum Gasteiger partial charge on any atom is 0.246 e. The lowest BCUT2D eigenvalue weighted by atomic mass is 10.2. The molecule has 0 unspecified atom stereocenters. The SMILES string of the molecule is CN=C(NCc1cccc(F)c1)NCc1nc(-c2cccc(Cl)c2)no1.I. The Morgan fingerprint density at radius 1 is 1.15 bits per heavy atom. The summed E-state index contributed by atoms with van der Waals surface area (Å²) in [5.74, 6) is 1.14. The van der Waals surface area contributed by atoms with Gasteiger partial charge in [0.15, 0.2) is 5.96 Å². The molecule has 0 atom stereocenters.